The van der Waals surface area contributed by atoms with Crippen LogP contribution in [0.1, 0.15) is 12.8 Å². The smallest absolute Gasteiger partial charge is 0.322 e. The van der Waals surface area contributed by atoms with Gasteiger partial charge in [-0.3, -0.25) is 4.79 Å². The van der Waals surface area contributed by atoms with Gasteiger partial charge in [0.05, 0.1) is 9.79 Å². The number of benzene rings is 1. The second-order valence-electron chi connectivity index (χ2n) is 4.63. The molecule has 0 bridgehead atoms. The summed E-state index contributed by atoms with van der Waals surface area (Å²) in [6, 6.07) is 3.43. The lowest BCUT2D eigenvalue weighted by Crippen LogP contribution is -2.40. The zero-order chi connectivity index (χ0) is 15.8. The molecule has 1 heterocycles. The Morgan fingerprint density at radius 1 is 1.24 bits per heavy atom. The number of nitrogens with two attached hydrogens (primary N) is 1. The molecule has 0 radical (unpaired) electrons. The van der Waals surface area contributed by atoms with E-state index in [1.54, 1.807) is 0 Å². The van der Waals surface area contributed by atoms with E-state index in [-0.39, 0.29) is 22.8 Å². The molecule has 0 aromatic heterocycles. The molecule has 116 valence electrons. The maximum absolute atomic E-state index is 12.5. The molecule has 1 aromatic carbocycles. The van der Waals surface area contributed by atoms with Crippen LogP contribution in [0.2, 0.25) is 0 Å². The van der Waals surface area contributed by atoms with E-state index >= 15 is 0 Å². The van der Waals surface area contributed by atoms with Gasteiger partial charge >= 0.3 is 5.97 Å². The third-order valence-corrected chi connectivity index (χ3v) is 6.04. The molecule has 1 unspecified atom stereocenters. The van der Waals surface area contributed by atoms with Gasteiger partial charge in [0.1, 0.15) is 6.04 Å². The zero-order valence-corrected chi connectivity index (χ0v) is 12.5. The van der Waals surface area contributed by atoms with Crippen molar-refractivity contribution in [2.24, 2.45) is 5.14 Å². The van der Waals surface area contributed by atoms with Gasteiger partial charge in [0, 0.05) is 6.54 Å². The quantitative estimate of drug-likeness (QED) is 0.767. The van der Waals surface area contributed by atoms with Crippen LogP contribution in [0.5, 0.6) is 0 Å². The standard InChI is InChI=1S/C11H14N2O6S2/c12-20(16,17)8-3-1-4-9(7-8)21(18,19)13-6-2-5-10(13)11(14)15/h1,3-4,7,10H,2,5-6H2,(H,14,15)(H2,12,16,17). The Morgan fingerprint density at radius 2 is 1.86 bits per heavy atom. The molecule has 10 heteroatoms. The Morgan fingerprint density at radius 3 is 2.43 bits per heavy atom. The highest BCUT2D eigenvalue weighted by Crippen LogP contribution is 2.27. The molecule has 1 aliphatic heterocycles. The van der Waals surface area contributed by atoms with Gasteiger partial charge in [-0.05, 0) is 31.0 Å². The van der Waals surface area contributed by atoms with Gasteiger partial charge in [0.2, 0.25) is 20.0 Å². The fourth-order valence-electron chi connectivity index (χ4n) is 2.22. The largest absolute Gasteiger partial charge is 0.480 e. The molecule has 0 saturated carbocycles. The van der Waals surface area contributed by atoms with E-state index in [0.717, 1.165) is 10.4 Å². The monoisotopic (exact) mass is 334 g/mol. The summed E-state index contributed by atoms with van der Waals surface area (Å²) in [6.07, 6.45) is 0.661. The minimum atomic E-state index is -4.08. The molecule has 21 heavy (non-hydrogen) atoms. The van der Waals surface area contributed by atoms with Crippen LogP contribution < -0.4 is 5.14 Å². The number of primary sulfonamides is 1. The molecular formula is C11H14N2O6S2. The fraction of sp³-hybridized carbons (Fsp3) is 0.364. The first-order valence-electron chi connectivity index (χ1n) is 6.01. The van der Waals surface area contributed by atoms with Gasteiger partial charge in [-0.25, -0.2) is 22.0 Å². The lowest BCUT2D eigenvalue weighted by atomic mass is 10.2. The van der Waals surface area contributed by atoms with Crippen molar-refractivity contribution in [2.45, 2.75) is 28.7 Å². The number of nitrogens with zero attached hydrogens (tertiary/aromatic N) is 1. The number of hydrogen-bond donors (Lipinski definition) is 2. The van der Waals surface area contributed by atoms with Crippen LogP contribution in [0.3, 0.4) is 0 Å². The Kier molecular flexibility index (Phi) is 4.06. The van der Waals surface area contributed by atoms with E-state index in [1.165, 1.54) is 18.2 Å². The minimum absolute atomic E-state index is 0.0822. The van der Waals surface area contributed by atoms with Gasteiger partial charge < -0.3 is 5.11 Å². The third kappa shape index (κ3) is 3.07. The van der Waals surface area contributed by atoms with Gasteiger partial charge in [-0.1, -0.05) is 6.07 Å². The first kappa shape index (κ1) is 15.9. The van der Waals surface area contributed by atoms with Gasteiger partial charge in [0.15, 0.2) is 0 Å². The molecule has 2 rings (SSSR count). The van der Waals surface area contributed by atoms with Crippen molar-refractivity contribution in [1.82, 2.24) is 4.31 Å². The van der Waals surface area contributed by atoms with Crippen LogP contribution in [-0.4, -0.2) is 44.8 Å². The molecular weight excluding hydrogens is 320 g/mol. The lowest BCUT2D eigenvalue weighted by Gasteiger charge is -2.21. The predicted octanol–water partition coefficient (Wildman–Crippen LogP) is -0.428. The van der Waals surface area contributed by atoms with Crippen LogP contribution in [-0.2, 0) is 24.8 Å². The van der Waals surface area contributed by atoms with Crippen LogP contribution in [0.4, 0.5) is 0 Å². The summed E-state index contributed by atoms with van der Waals surface area (Å²) >= 11 is 0. The highest BCUT2D eigenvalue weighted by Gasteiger charge is 2.39. The van der Waals surface area contributed by atoms with Crippen molar-refractivity contribution < 1.29 is 26.7 Å². The van der Waals surface area contributed by atoms with Crippen molar-refractivity contribution in [3.05, 3.63) is 24.3 Å². The molecule has 0 aliphatic carbocycles. The maximum atomic E-state index is 12.5. The zero-order valence-electron chi connectivity index (χ0n) is 10.8. The Labute approximate surface area is 122 Å². The molecule has 1 aliphatic rings. The number of aliphatic carboxylic acids is 1. The fourth-order valence-corrected chi connectivity index (χ4v) is 4.55. The summed E-state index contributed by atoms with van der Waals surface area (Å²) in [5.74, 6) is -1.22. The summed E-state index contributed by atoms with van der Waals surface area (Å²) in [5.41, 5.74) is 0. The topological polar surface area (TPSA) is 135 Å². The average Bonchev–Trinajstić information content (AvgIpc) is 2.88. The van der Waals surface area contributed by atoms with E-state index in [2.05, 4.69) is 0 Å². The molecule has 3 N–H and O–H groups in total. The average molecular weight is 334 g/mol. The van der Waals surface area contributed by atoms with Gasteiger partial charge in [-0.2, -0.15) is 4.31 Å². The van der Waals surface area contributed by atoms with E-state index in [1.807, 2.05) is 0 Å². The molecule has 1 atom stereocenters. The second-order valence-corrected chi connectivity index (χ2v) is 8.08. The molecule has 1 fully saturated rings. The van der Waals surface area contributed by atoms with Crippen molar-refractivity contribution in [3.63, 3.8) is 0 Å². The lowest BCUT2D eigenvalue weighted by molar-refractivity contribution is -0.140. The van der Waals surface area contributed by atoms with Gasteiger partial charge in [-0.15, -0.1) is 0 Å². The highest BCUT2D eigenvalue weighted by atomic mass is 32.2. The number of rotatable bonds is 4. The Bertz CT molecular complexity index is 772. The van der Waals surface area contributed by atoms with Crippen LogP contribution >= 0.6 is 0 Å². The van der Waals surface area contributed by atoms with Crippen LogP contribution in [0, 0.1) is 0 Å². The van der Waals surface area contributed by atoms with E-state index < -0.39 is 32.1 Å². The minimum Gasteiger partial charge on any atom is -0.480 e. The highest BCUT2D eigenvalue weighted by molar-refractivity contribution is 7.90. The second kappa shape index (κ2) is 5.37. The number of carboxylic acid groups (broad SMARTS) is 1. The van der Waals surface area contributed by atoms with Crippen molar-refractivity contribution >= 4 is 26.0 Å². The molecule has 0 amide bonds. The van der Waals surface area contributed by atoms with E-state index in [9.17, 15) is 21.6 Å². The number of carboxylic acids is 1. The van der Waals surface area contributed by atoms with Gasteiger partial charge in [0.25, 0.3) is 0 Å². The summed E-state index contributed by atoms with van der Waals surface area (Å²) in [5, 5.41) is 14.0. The predicted molar refractivity (Wildman–Crippen MR) is 72.4 cm³/mol. The Balaban J connectivity index is 2.48. The summed E-state index contributed by atoms with van der Waals surface area (Å²) in [6.45, 7) is 0.0822. The number of hydrogen-bond acceptors (Lipinski definition) is 5. The molecule has 0 spiro atoms. The van der Waals surface area contributed by atoms with Crippen molar-refractivity contribution in [1.29, 1.82) is 0 Å². The first-order valence-corrected chi connectivity index (χ1v) is 9.00. The van der Waals surface area contributed by atoms with Crippen LogP contribution in [0.25, 0.3) is 0 Å². The third-order valence-electron chi connectivity index (χ3n) is 3.23. The summed E-state index contributed by atoms with van der Waals surface area (Å²) in [7, 11) is -8.12. The Hall–Kier alpha value is -1.49. The van der Waals surface area contributed by atoms with E-state index in [4.69, 9.17) is 10.2 Å². The summed E-state index contributed by atoms with van der Waals surface area (Å²) < 4.78 is 48.3. The van der Waals surface area contributed by atoms with E-state index in [0.29, 0.717) is 6.42 Å². The summed E-state index contributed by atoms with van der Waals surface area (Å²) in [4.78, 5) is 10.5. The van der Waals surface area contributed by atoms with Crippen molar-refractivity contribution in [3.8, 4) is 0 Å². The maximum Gasteiger partial charge on any atom is 0.322 e. The SMILES string of the molecule is NS(=O)(=O)c1cccc(S(=O)(=O)N2CCCC2C(=O)O)c1. The number of carbonyl (C=O) groups is 1. The van der Waals surface area contributed by atoms with Crippen molar-refractivity contribution in [2.75, 3.05) is 6.54 Å². The molecule has 1 aromatic rings. The number of sulfonamides is 2. The van der Waals surface area contributed by atoms with Crippen LogP contribution in [0.15, 0.2) is 34.1 Å². The molecule has 8 nitrogen and oxygen atoms in total. The first-order chi connectivity index (χ1) is 9.64. The normalized spacial score (nSPS) is 20.5. The molecule has 1 saturated heterocycles.